The molecule has 2 heterocycles. The van der Waals surface area contributed by atoms with E-state index in [1.165, 1.54) is 18.2 Å². The van der Waals surface area contributed by atoms with Gasteiger partial charge in [-0.2, -0.15) is 0 Å². The molecular formula is C11H11FN2O3S. The van der Waals surface area contributed by atoms with E-state index in [2.05, 4.69) is 17.9 Å². The molecule has 2 N–H and O–H groups in total. The highest BCUT2D eigenvalue weighted by Gasteiger charge is 2.56. The molecule has 0 saturated carbocycles. The van der Waals surface area contributed by atoms with E-state index in [1.54, 1.807) is 0 Å². The van der Waals surface area contributed by atoms with Gasteiger partial charge in [-0.15, -0.1) is 0 Å². The molecule has 96 valence electrons. The lowest BCUT2D eigenvalue weighted by Crippen LogP contribution is -3.11. The third-order valence-electron chi connectivity index (χ3n) is 3.38. The van der Waals surface area contributed by atoms with Crippen LogP contribution in [0.2, 0.25) is 0 Å². The summed E-state index contributed by atoms with van der Waals surface area (Å²) in [5, 5.41) is 13.9. The number of ether oxygens (including phenoxy) is 1. The highest BCUT2D eigenvalue weighted by molar-refractivity contribution is 7.80. The first-order valence-electron chi connectivity index (χ1n) is 5.52. The van der Waals surface area contributed by atoms with Crippen LogP contribution in [-0.2, 0) is 10.3 Å². The van der Waals surface area contributed by atoms with Gasteiger partial charge in [-0.25, -0.2) is 14.5 Å². The second-order valence-corrected chi connectivity index (χ2v) is 4.90. The molecule has 1 aromatic rings. The molecule has 0 aromatic heterocycles. The average Bonchev–Trinajstić information content (AvgIpc) is 2.56. The smallest absolute Gasteiger partial charge is 0.339 e. The number of hydrogen-bond acceptors (Lipinski definition) is 5. The number of benzene rings is 1. The van der Waals surface area contributed by atoms with Crippen molar-refractivity contribution in [2.45, 2.75) is 17.5 Å². The Hall–Kier alpha value is -1.15. The molecule has 5 nitrogen and oxygen atoms in total. The van der Waals surface area contributed by atoms with Crippen molar-refractivity contribution >= 4 is 18.5 Å². The monoisotopic (exact) mass is 270 g/mol. The van der Waals surface area contributed by atoms with Gasteiger partial charge < -0.3 is 9.94 Å². The Balaban J connectivity index is 2.16. The van der Waals surface area contributed by atoms with E-state index in [0.717, 1.165) is 0 Å². The highest BCUT2D eigenvalue weighted by atomic mass is 32.1. The molecule has 3 atom stereocenters. The van der Waals surface area contributed by atoms with Crippen molar-refractivity contribution in [2.75, 3.05) is 6.61 Å². The maximum atomic E-state index is 13.4. The van der Waals surface area contributed by atoms with Crippen LogP contribution in [0, 0.1) is 11.0 Å². The van der Waals surface area contributed by atoms with Gasteiger partial charge >= 0.3 is 5.91 Å². The fraction of sp³-hybridized carbons (Fsp3) is 0.364. The Morgan fingerprint density at radius 1 is 1.61 bits per heavy atom. The van der Waals surface area contributed by atoms with Crippen molar-refractivity contribution in [3.05, 3.63) is 34.8 Å². The summed E-state index contributed by atoms with van der Waals surface area (Å²) in [4.78, 5) is 12.1. The number of hydrogen-bond donors (Lipinski definition) is 3. The van der Waals surface area contributed by atoms with E-state index in [-0.39, 0.29) is 0 Å². The minimum absolute atomic E-state index is 0.297. The molecule has 3 rings (SSSR count). The van der Waals surface area contributed by atoms with Gasteiger partial charge in [0.25, 0.3) is 0 Å². The Morgan fingerprint density at radius 2 is 2.39 bits per heavy atom. The number of nitrogens with one attached hydrogen (secondary N) is 2. The average molecular weight is 270 g/mol. The van der Waals surface area contributed by atoms with E-state index < -0.39 is 27.8 Å². The van der Waals surface area contributed by atoms with Crippen LogP contribution in [0.25, 0.3) is 0 Å². The molecule has 1 amide bonds. The number of rotatable bonds is 0. The zero-order chi connectivity index (χ0) is 12.9. The van der Waals surface area contributed by atoms with Crippen molar-refractivity contribution in [1.82, 2.24) is 5.32 Å². The van der Waals surface area contributed by atoms with E-state index >= 15 is 0 Å². The predicted octanol–water partition coefficient (Wildman–Crippen LogP) is -0.471. The van der Waals surface area contributed by atoms with Crippen molar-refractivity contribution in [3.8, 4) is 5.75 Å². The summed E-state index contributed by atoms with van der Waals surface area (Å²) < 4.78 is 18.7. The molecule has 0 aliphatic carbocycles. The number of hydroxylamine groups is 2. The summed E-state index contributed by atoms with van der Waals surface area (Å²) >= 11 is 4.03. The Labute approximate surface area is 108 Å². The number of amides is 1. The van der Waals surface area contributed by atoms with Gasteiger partial charge in [-0.05, 0) is 18.2 Å². The number of quaternary nitrogens is 1. The fourth-order valence-electron chi connectivity index (χ4n) is 2.50. The quantitative estimate of drug-likeness (QED) is 0.440. The van der Waals surface area contributed by atoms with Crippen LogP contribution >= 0.6 is 12.6 Å². The Bertz CT molecular complexity index is 527. The molecule has 1 saturated heterocycles. The number of fused-ring (bicyclic) bond motifs is 2. The molecule has 2 aliphatic heterocycles. The van der Waals surface area contributed by atoms with Gasteiger partial charge in [-0.1, -0.05) is 12.6 Å². The normalized spacial score (nSPS) is 34.5. The molecular weight excluding hydrogens is 259 g/mol. The van der Waals surface area contributed by atoms with Gasteiger partial charge in [0.2, 0.25) is 0 Å². The summed E-state index contributed by atoms with van der Waals surface area (Å²) in [6.07, 6.45) is 0.297. The number of carbonyl (C=O) groups excluding carboxylic acids is 1. The topological polar surface area (TPSA) is 65.8 Å². The van der Waals surface area contributed by atoms with Crippen LogP contribution in [0.15, 0.2) is 18.2 Å². The summed E-state index contributed by atoms with van der Waals surface area (Å²) in [7, 11) is 0. The van der Waals surface area contributed by atoms with Crippen LogP contribution < -0.4 is 15.1 Å². The zero-order valence-corrected chi connectivity index (χ0v) is 10.2. The molecule has 18 heavy (non-hydrogen) atoms. The minimum Gasteiger partial charge on any atom is -0.625 e. The summed E-state index contributed by atoms with van der Waals surface area (Å²) in [5.74, 6) is -0.611. The van der Waals surface area contributed by atoms with E-state index in [1.807, 2.05) is 0 Å². The Kier molecular flexibility index (Phi) is 2.60. The van der Waals surface area contributed by atoms with Crippen LogP contribution in [0.5, 0.6) is 5.75 Å². The molecule has 1 aromatic carbocycles. The lowest BCUT2D eigenvalue weighted by atomic mass is 9.84. The first kappa shape index (κ1) is 11.9. The molecule has 3 unspecified atom stereocenters. The second-order valence-electron chi connectivity index (χ2n) is 4.38. The van der Waals surface area contributed by atoms with Crippen molar-refractivity contribution in [2.24, 2.45) is 0 Å². The lowest BCUT2D eigenvalue weighted by Gasteiger charge is -2.31. The maximum Gasteiger partial charge on any atom is 0.339 e. The zero-order valence-electron chi connectivity index (χ0n) is 9.27. The van der Waals surface area contributed by atoms with Crippen molar-refractivity contribution in [1.29, 1.82) is 0 Å². The van der Waals surface area contributed by atoms with E-state index in [4.69, 9.17) is 4.74 Å². The maximum absolute atomic E-state index is 13.4. The first-order valence-corrected chi connectivity index (χ1v) is 6.03. The predicted molar refractivity (Wildman–Crippen MR) is 63.4 cm³/mol. The highest BCUT2D eigenvalue weighted by Crippen LogP contribution is 2.38. The molecule has 1 fully saturated rings. The van der Waals surface area contributed by atoms with Gasteiger partial charge in [0, 0.05) is 12.0 Å². The van der Waals surface area contributed by atoms with Gasteiger partial charge in [0.05, 0.1) is 6.61 Å². The van der Waals surface area contributed by atoms with E-state index in [0.29, 0.717) is 24.3 Å². The SMILES string of the molecule is O=C1[NH+]([O-])C(S)NC12CCOc1ccc(F)cc12. The Morgan fingerprint density at radius 3 is 3.06 bits per heavy atom. The second kappa shape index (κ2) is 3.92. The standard InChI is InChI=1S/C11H11FN2O3S/c12-6-1-2-8-7(5-6)11(3-4-17-8)9(15)14(16)10(18)13-11/h1-2,5,10,13-14,18H,3-4H2. The molecule has 2 aliphatic rings. The first-order chi connectivity index (χ1) is 8.54. The van der Waals surface area contributed by atoms with Gasteiger partial charge in [0.1, 0.15) is 11.6 Å². The number of halogens is 1. The number of thiol groups is 1. The number of carbonyl (C=O) groups is 1. The van der Waals surface area contributed by atoms with Crippen LogP contribution in [-0.4, -0.2) is 18.0 Å². The van der Waals surface area contributed by atoms with Gasteiger partial charge in [0.15, 0.2) is 11.0 Å². The molecule has 0 bridgehead atoms. The summed E-state index contributed by atoms with van der Waals surface area (Å²) in [5.41, 5.74) is -1.64. The minimum atomic E-state index is -1.18. The van der Waals surface area contributed by atoms with E-state index in [9.17, 15) is 14.4 Å². The molecule has 1 spiro atoms. The van der Waals surface area contributed by atoms with Crippen molar-refractivity contribution < 1.29 is 19.0 Å². The molecule has 7 heteroatoms. The van der Waals surface area contributed by atoms with Gasteiger partial charge in [-0.3, -0.25) is 5.06 Å². The largest absolute Gasteiger partial charge is 0.625 e. The summed E-state index contributed by atoms with van der Waals surface area (Å²) in [6.45, 7) is 0.297. The summed E-state index contributed by atoms with van der Waals surface area (Å²) in [6, 6.07) is 3.96. The third kappa shape index (κ3) is 1.48. The fourth-order valence-corrected chi connectivity index (χ4v) is 2.83. The van der Waals surface area contributed by atoms with Crippen molar-refractivity contribution in [3.63, 3.8) is 0 Å². The lowest BCUT2D eigenvalue weighted by molar-refractivity contribution is -0.768. The third-order valence-corrected chi connectivity index (χ3v) is 3.74. The van der Waals surface area contributed by atoms with Crippen LogP contribution in [0.1, 0.15) is 12.0 Å². The van der Waals surface area contributed by atoms with Crippen LogP contribution in [0.3, 0.4) is 0 Å². The van der Waals surface area contributed by atoms with Crippen LogP contribution in [0.4, 0.5) is 4.39 Å². The molecule has 0 radical (unpaired) electrons.